The fourth-order valence-electron chi connectivity index (χ4n) is 1.73. The van der Waals surface area contributed by atoms with Crippen molar-refractivity contribution < 1.29 is 14.1 Å². The monoisotopic (exact) mass is 316 g/mol. The molecule has 116 valence electrons. The van der Waals surface area contributed by atoms with Gasteiger partial charge in [-0.25, -0.2) is 4.39 Å². The maximum Gasteiger partial charge on any atom is 0.285 e. The van der Waals surface area contributed by atoms with Gasteiger partial charge < -0.3 is 10.7 Å². The van der Waals surface area contributed by atoms with Crippen LogP contribution in [0.5, 0.6) is 0 Å². The zero-order chi connectivity index (χ0) is 16.0. The molecule has 1 aromatic rings. The summed E-state index contributed by atoms with van der Waals surface area (Å²) in [6.45, 7) is 1.90. The first kappa shape index (κ1) is 17.2. The molecule has 0 fully saturated rings. The lowest BCUT2D eigenvalue weighted by molar-refractivity contribution is -0.385. The lowest BCUT2D eigenvalue weighted by Crippen LogP contribution is -2.36. The maximum atomic E-state index is 13.5. The molecule has 0 radical (unpaired) electrons. The third-order valence-corrected chi connectivity index (χ3v) is 3.61. The summed E-state index contributed by atoms with van der Waals surface area (Å²) >= 11 is 1.55. The third-order valence-electron chi connectivity index (χ3n) is 2.88. The van der Waals surface area contributed by atoms with Crippen LogP contribution in [0.2, 0.25) is 0 Å². The number of carbonyl (C=O) groups is 1. The molecule has 1 amide bonds. The molecule has 0 aromatic heterocycles. The molecule has 0 heterocycles. The third kappa shape index (κ3) is 4.30. The van der Waals surface area contributed by atoms with Gasteiger partial charge in [0.15, 0.2) is 5.82 Å². The number of nitro groups is 1. The van der Waals surface area contributed by atoms with Gasteiger partial charge in [0.2, 0.25) is 0 Å². The normalized spacial score (nSPS) is 11.8. The number of hydrogen-bond acceptors (Lipinski definition) is 6. The van der Waals surface area contributed by atoms with E-state index in [9.17, 15) is 19.3 Å². The van der Waals surface area contributed by atoms with Gasteiger partial charge in [-0.3, -0.25) is 20.8 Å². The fraction of sp³-hybridized carbons (Fsp3) is 0.417. The summed E-state index contributed by atoms with van der Waals surface area (Å²) in [6.07, 6.45) is 2.58. The molecule has 1 rings (SSSR count). The number of nitro benzene ring substituents is 1. The molecule has 1 atom stereocenters. The minimum Gasteiger partial charge on any atom is -0.348 e. The number of rotatable bonds is 7. The van der Waals surface area contributed by atoms with Gasteiger partial charge in [0, 0.05) is 11.8 Å². The highest BCUT2D eigenvalue weighted by Gasteiger charge is 2.24. The van der Waals surface area contributed by atoms with E-state index in [4.69, 9.17) is 5.84 Å². The van der Waals surface area contributed by atoms with E-state index < -0.39 is 22.3 Å². The summed E-state index contributed by atoms with van der Waals surface area (Å²) in [4.78, 5) is 22.3. The van der Waals surface area contributed by atoms with Crippen molar-refractivity contribution in [3.8, 4) is 0 Å². The minimum atomic E-state index is -0.892. The van der Waals surface area contributed by atoms with Crippen LogP contribution in [0.15, 0.2) is 12.1 Å². The SMILES string of the molecule is CCC(CSC)NC(=O)c1cc(NN)c(F)cc1[N+](=O)[O-]. The van der Waals surface area contributed by atoms with E-state index in [-0.39, 0.29) is 17.3 Å². The van der Waals surface area contributed by atoms with Crippen LogP contribution < -0.4 is 16.6 Å². The summed E-state index contributed by atoms with van der Waals surface area (Å²) in [5.74, 6) is 4.29. The molecular weight excluding hydrogens is 299 g/mol. The van der Waals surface area contributed by atoms with Crippen LogP contribution in [0.4, 0.5) is 15.8 Å². The van der Waals surface area contributed by atoms with Gasteiger partial charge in [0.05, 0.1) is 16.7 Å². The van der Waals surface area contributed by atoms with Gasteiger partial charge in [-0.2, -0.15) is 11.8 Å². The first-order chi connectivity index (χ1) is 9.94. The lowest BCUT2D eigenvalue weighted by Gasteiger charge is -2.16. The second-order valence-corrected chi connectivity index (χ2v) is 5.20. The number of halogens is 1. The zero-order valence-corrected chi connectivity index (χ0v) is 12.5. The van der Waals surface area contributed by atoms with Crippen molar-refractivity contribution in [1.82, 2.24) is 5.32 Å². The van der Waals surface area contributed by atoms with Crippen LogP contribution >= 0.6 is 11.8 Å². The average Bonchev–Trinajstić information content (AvgIpc) is 2.46. The number of carbonyl (C=O) groups excluding carboxylic acids is 1. The van der Waals surface area contributed by atoms with Gasteiger partial charge in [-0.15, -0.1) is 0 Å². The van der Waals surface area contributed by atoms with Crippen molar-refractivity contribution in [3.05, 3.63) is 33.6 Å². The molecule has 21 heavy (non-hydrogen) atoms. The van der Waals surface area contributed by atoms with Crippen molar-refractivity contribution in [2.24, 2.45) is 5.84 Å². The Morgan fingerprint density at radius 1 is 1.57 bits per heavy atom. The molecule has 9 heteroatoms. The van der Waals surface area contributed by atoms with E-state index in [2.05, 4.69) is 10.7 Å². The van der Waals surface area contributed by atoms with Gasteiger partial charge in [-0.1, -0.05) is 6.92 Å². The van der Waals surface area contributed by atoms with E-state index in [1.54, 1.807) is 11.8 Å². The number of hydrazine groups is 1. The first-order valence-electron chi connectivity index (χ1n) is 6.18. The highest BCUT2D eigenvalue weighted by atomic mass is 32.2. The molecule has 1 aromatic carbocycles. The number of amides is 1. The Hall–Kier alpha value is -1.87. The Morgan fingerprint density at radius 2 is 2.24 bits per heavy atom. The van der Waals surface area contributed by atoms with Gasteiger partial charge in [0.25, 0.3) is 11.6 Å². The molecule has 0 aliphatic heterocycles. The molecule has 0 aliphatic carbocycles. The second-order valence-electron chi connectivity index (χ2n) is 4.28. The second kappa shape index (κ2) is 7.79. The van der Waals surface area contributed by atoms with E-state index in [1.807, 2.05) is 13.2 Å². The van der Waals surface area contributed by atoms with Crippen molar-refractivity contribution in [3.63, 3.8) is 0 Å². The predicted molar refractivity (Wildman–Crippen MR) is 80.8 cm³/mol. The van der Waals surface area contributed by atoms with E-state index >= 15 is 0 Å². The molecular formula is C12H17FN4O3S. The number of thioether (sulfide) groups is 1. The standard InChI is InChI=1S/C12H17FN4O3S/c1-3-7(6-21-2)15-12(18)8-4-10(16-14)9(13)5-11(8)17(19)20/h4-5,7,16H,3,6,14H2,1-2H3,(H,15,18). The zero-order valence-electron chi connectivity index (χ0n) is 11.7. The molecule has 4 N–H and O–H groups in total. The number of benzene rings is 1. The Bertz CT molecular complexity index is 541. The predicted octanol–water partition coefficient (Wildman–Crippen LogP) is 1.89. The molecule has 1 unspecified atom stereocenters. The summed E-state index contributed by atoms with van der Waals surface area (Å²) in [6, 6.07) is 1.60. The number of anilines is 1. The van der Waals surface area contributed by atoms with Crippen molar-refractivity contribution >= 4 is 29.0 Å². The Balaban J connectivity index is 3.14. The van der Waals surface area contributed by atoms with Crippen molar-refractivity contribution in [2.45, 2.75) is 19.4 Å². The fourth-order valence-corrected chi connectivity index (χ4v) is 2.45. The van der Waals surface area contributed by atoms with Crippen LogP contribution in [0.25, 0.3) is 0 Å². The Labute approximate surface area is 125 Å². The van der Waals surface area contributed by atoms with Crippen LogP contribution in [0.1, 0.15) is 23.7 Å². The summed E-state index contributed by atoms with van der Waals surface area (Å²) < 4.78 is 13.5. The largest absolute Gasteiger partial charge is 0.348 e. The number of nitrogens with zero attached hydrogens (tertiary/aromatic N) is 1. The molecule has 0 spiro atoms. The highest BCUT2D eigenvalue weighted by Crippen LogP contribution is 2.25. The number of hydrogen-bond donors (Lipinski definition) is 3. The van der Waals surface area contributed by atoms with E-state index in [1.165, 1.54) is 0 Å². The smallest absolute Gasteiger partial charge is 0.285 e. The maximum absolute atomic E-state index is 13.5. The van der Waals surface area contributed by atoms with Crippen molar-refractivity contribution in [1.29, 1.82) is 0 Å². The van der Waals surface area contributed by atoms with Crippen LogP contribution in [-0.2, 0) is 0 Å². The Kier molecular flexibility index (Phi) is 6.38. The Morgan fingerprint density at radius 3 is 2.71 bits per heavy atom. The summed E-state index contributed by atoms with van der Waals surface area (Å²) in [5.41, 5.74) is 1.07. The molecule has 0 saturated carbocycles. The van der Waals surface area contributed by atoms with Gasteiger partial charge in [0.1, 0.15) is 5.56 Å². The van der Waals surface area contributed by atoms with Gasteiger partial charge in [-0.05, 0) is 18.7 Å². The quantitative estimate of drug-likeness (QED) is 0.402. The topological polar surface area (TPSA) is 110 Å². The lowest BCUT2D eigenvalue weighted by atomic mass is 10.1. The van der Waals surface area contributed by atoms with Gasteiger partial charge >= 0.3 is 0 Å². The van der Waals surface area contributed by atoms with E-state index in [0.717, 1.165) is 6.07 Å². The van der Waals surface area contributed by atoms with Crippen LogP contribution in [0.3, 0.4) is 0 Å². The van der Waals surface area contributed by atoms with E-state index in [0.29, 0.717) is 18.2 Å². The summed E-state index contributed by atoms with van der Waals surface area (Å²) in [7, 11) is 0. The van der Waals surface area contributed by atoms with Crippen LogP contribution in [-0.4, -0.2) is 28.9 Å². The number of nitrogen functional groups attached to an aromatic ring is 1. The molecule has 0 bridgehead atoms. The average molecular weight is 316 g/mol. The van der Waals surface area contributed by atoms with Crippen LogP contribution in [0, 0.1) is 15.9 Å². The summed E-state index contributed by atoms with van der Waals surface area (Å²) in [5, 5.41) is 13.7. The number of nitrogens with one attached hydrogen (secondary N) is 2. The first-order valence-corrected chi connectivity index (χ1v) is 7.58. The number of nitrogens with two attached hydrogens (primary N) is 1. The molecule has 0 saturated heterocycles. The minimum absolute atomic E-state index is 0.119. The highest BCUT2D eigenvalue weighted by molar-refractivity contribution is 7.98. The van der Waals surface area contributed by atoms with Crippen molar-refractivity contribution in [2.75, 3.05) is 17.4 Å². The molecule has 0 aliphatic rings. The molecule has 7 nitrogen and oxygen atoms in total.